The Balaban J connectivity index is 2.27. The van der Waals surface area contributed by atoms with Crippen molar-refractivity contribution in [1.29, 1.82) is 0 Å². The van der Waals surface area contributed by atoms with Crippen molar-refractivity contribution in [1.82, 2.24) is 9.97 Å². The monoisotopic (exact) mass is 272 g/mol. The minimum absolute atomic E-state index is 0.620. The van der Waals surface area contributed by atoms with Crippen LogP contribution in [0.25, 0.3) is 0 Å². The van der Waals surface area contributed by atoms with Gasteiger partial charge in [-0.15, -0.1) is 0 Å². The zero-order valence-corrected chi connectivity index (χ0v) is 12.1. The lowest BCUT2D eigenvalue weighted by Crippen LogP contribution is -2.06. The third-order valence-electron chi connectivity index (χ3n) is 2.75. The Morgan fingerprint density at radius 3 is 2.75 bits per heavy atom. The molecule has 0 saturated heterocycles. The Morgan fingerprint density at radius 1 is 1.20 bits per heavy atom. The van der Waals surface area contributed by atoms with Crippen LogP contribution in [0.3, 0.4) is 0 Å². The third kappa shape index (κ3) is 3.38. The number of nitrogens with zero attached hydrogens (tertiary/aromatic N) is 2. The fraction of sp³-hybridized carbons (Fsp3) is 0.333. The molecule has 0 radical (unpaired) electrons. The molecular weight excluding hydrogens is 252 g/mol. The van der Waals surface area contributed by atoms with Crippen LogP contribution in [0.4, 0.5) is 17.5 Å². The second kappa shape index (κ2) is 6.75. The van der Waals surface area contributed by atoms with Gasteiger partial charge in [-0.05, 0) is 32.9 Å². The smallest absolute Gasteiger partial charge is 0.224 e. The molecule has 0 atom stereocenters. The quantitative estimate of drug-likeness (QED) is 0.844. The first kappa shape index (κ1) is 14.1. The van der Waals surface area contributed by atoms with E-state index in [9.17, 15) is 0 Å². The van der Waals surface area contributed by atoms with E-state index in [4.69, 9.17) is 4.74 Å². The van der Waals surface area contributed by atoms with Gasteiger partial charge in [-0.2, -0.15) is 4.98 Å². The molecule has 0 unspecified atom stereocenters. The minimum Gasteiger partial charge on any atom is -0.492 e. The van der Waals surface area contributed by atoms with Gasteiger partial charge in [0.2, 0.25) is 5.95 Å². The summed E-state index contributed by atoms with van der Waals surface area (Å²) in [4.78, 5) is 8.71. The van der Waals surface area contributed by atoms with Crippen LogP contribution in [-0.4, -0.2) is 23.1 Å². The largest absolute Gasteiger partial charge is 0.492 e. The molecule has 1 aromatic heterocycles. The molecule has 2 aromatic rings. The summed E-state index contributed by atoms with van der Waals surface area (Å²) < 4.78 is 5.61. The zero-order chi connectivity index (χ0) is 14.4. The second-order valence-electron chi connectivity index (χ2n) is 4.31. The van der Waals surface area contributed by atoms with Crippen LogP contribution < -0.4 is 15.4 Å². The Bertz CT molecular complexity index is 572. The van der Waals surface area contributed by atoms with Gasteiger partial charge in [-0.25, -0.2) is 4.98 Å². The van der Waals surface area contributed by atoms with Crippen molar-refractivity contribution < 1.29 is 4.74 Å². The molecule has 2 N–H and O–H groups in total. The Kier molecular flexibility index (Phi) is 4.76. The summed E-state index contributed by atoms with van der Waals surface area (Å²) in [6.45, 7) is 7.38. The van der Waals surface area contributed by atoms with Gasteiger partial charge in [-0.3, -0.25) is 0 Å². The molecule has 5 nitrogen and oxygen atoms in total. The van der Waals surface area contributed by atoms with Crippen LogP contribution in [-0.2, 0) is 0 Å². The first-order valence-electron chi connectivity index (χ1n) is 6.81. The van der Waals surface area contributed by atoms with Crippen LogP contribution in [0.2, 0.25) is 0 Å². The maximum atomic E-state index is 5.61. The van der Waals surface area contributed by atoms with Crippen molar-refractivity contribution in [2.45, 2.75) is 20.8 Å². The Hall–Kier alpha value is -2.30. The highest BCUT2D eigenvalue weighted by molar-refractivity contribution is 5.66. The predicted octanol–water partition coefficient (Wildman–Crippen LogP) is 3.36. The van der Waals surface area contributed by atoms with Crippen molar-refractivity contribution >= 4 is 17.5 Å². The summed E-state index contributed by atoms with van der Waals surface area (Å²) in [6.07, 6.45) is 1.80. The van der Waals surface area contributed by atoms with Crippen LogP contribution in [0.5, 0.6) is 5.75 Å². The summed E-state index contributed by atoms with van der Waals surface area (Å²) in [5.74, 6) is 2.22. The number of hydrogen-bond acceptors (Lipinski definition) is 5. The minimum atomic E-state index is 0.620. The number of nitrogens with one attached hydrogen (secondary N) is 2. The topological polar surface area (TPSA) is 59.1 Å². The zero-order valence-electron chi connectivity index (χ0n) is 12.1. The van der Waals surface area contributed by atoms with E-state index >= 15 is 0 Å². The van der Waals surface area contributed by atoms with E-state index in [1.807, 2.05) is 45.0 Å². The van der Waals surface area contributed by atoms with Gasteiger partial charge in [0.25, 0.3) is 0 Å². The maximum Gasteiger partial charge on any atom is 0.224 e. The Labute approximate surface area is 119 Å². The van der Waals surface area contributed by atoms with Gasteiger partial charge in [0.05, 0.1) is 12.3 Å². The Morgan fingerprint density at radius 2 is 2.00 bits per heavy atom. The number of aromatic nitrogens is 2. The summed E-state index contributed by atoms with van der Waals surface area (Å²) in [5.41, 5.74) is 1.89. The first-order chi connectivity index (χ1) is 9.74. The lowest BCUT2D eigenvalue weighted by molar-refractivity contribution is 0.342. The maximum absolute atomic E-state index is 5.61. The highest BCUT2D eigenvalue weighted by Crippen LogP contribution is 2.28. The molecule has 1 aromatic carbocycles. The molecule has 0 spiro atoms. The van der Waals surface area contributed by atoms with Crippen LogP contribution >= 0.6 is 0 Å². The number of hydrogen-bond donors (Lipinski definition) is 2. The normalized spacial score (nSPS) is 10.2. The molecule has 0 aliphatic heterocycles. The molecule has 0 fully saturated rings. The number of ether oxygens (including phenoxy) is 1. The average molecular weight is 272 g/mol. The van der Waals surface area contributed by atoms with Crippen molar-refractivity contribution in [3.8, 4) is 5.75 Å². The molecule has 20 heavy (non-hydrogen) atoms. The molecule has 0 saturated carbocycles. The lowest BCUT2D eigenvalue weighted by atomic mass is 10.2. The van der Waals surface area contributed by atoms with E-state index in [0.717, 1.165) is 29.4 Å². The number of benzene rings is 1. The van der Waals surface area contributed by atoms with E-state index in [0.29, 0.717) is 12.6 Å². The summed E-state index contributed by atoms with van der Waals surface area (Å²) in [7, 11) is 0. The molecule has 0 aliphatic carbocycles. The molecule has 1 heterocycles. The molecule has 5 heteroatoms. The van der Waals surface area contributed by atoms with E-state index < -0.39 is 0 Å². The summed E-state index contributed by atoms with van der Waals surface area (Å²) >= 11 is 0. The van der Waals surface area contributed by atoms with Gasteiger partial charge in [0.15, 0.2) is 0 Å². The molecule has 0 amide bonds. The molecule has 0 bridgehead atoms. The van der Waals surface area contributed by atoms with Crippen LogP contribution in [0.1, 0.15) is 19.4 Å². The standard InChI is InChI=1S/C15H20N4O/c1-4-16-15-17-10-11(3)14(19-15)18-12-8-6-7-9-13(12)20-5-2/h6-10H,4-5H2,1-3H3,(H2,16,17,18,19). The number of rotatable bonds is 6. The van der Waals surface area contributed by atoms with Crippen LogP contribution in [0.15, 0.2) is 30.5 Å². The van der Waals surface area contributed by atoms with Gasteiger partial charge in [0.1, 0.15) is 11.6 Å². The van der Waals surface area contributed by atoms with Gasteiger partial charge in [-0.1, -0.05) is 12.1 Å². The van der Waals surface area contributed by atoms with Gasteiger partial charge >= 0.3 is 0 Å². The highest BCUT2D eigenvalue weighted by atomic mass is 16.5. The fourth-order valence-electron chi connectivity index (χ4n) is 1.79. The van der Waals surface area contributed by atoms with Gasteiger partial charge < -0.3 is 15.4 Å². The molecule has 2 rings (SSSR count). The SMILES string of the molecule is CCNc1ncc(C)c(Nc2ccccc2OCC)n1. The second-order valence-corrected chi connectivity index (χ2v) is 4.31. The van der Waals surface area contributed by atoms with Crippen LogP contribution in [0, 0.1) is 6.92 Å². The molecular formula is C15H20N4O. The van der Waals surface area contributed by atoms with Gasteiger partial charge in [0, 0.05) is 18.3 Å². The van der Waals surface area contributed by atoms with E-state index in [1.165, 1.54) is 0 Å². The number of aryl methyl sites for hydroxylation is 1. The van der Waals surface area contributed by atoms with Crippen molar-refractivity contribution in [3.63, 3.8) is 0 Å². The van der Waals surface area contributed by atoms with Crippen molar-refractivity contribution in [3.05, 3.63) is 36.0 Å². The number of para-hydroxylation sites is 2. The predicted molar refractivity (Wildman–Crippen MR) is 81.8 cm³/mol. The average Bonchev–Trinajstić information content (AvgIpc) is 2.45. The third-order valence-corrected chi connectivity index (χ3v) is 2.75. The molecule has 0 aliphatic rings. The molecule has 106 valence electrons. The van der Waals surface area contributed by atoms with Crippen molar-refractivity contribution in [2.75, 3.05) is 23.8 Å². The summed E-state index contributed by atoms with van der Waals surface area (Å²) in [6, 6.07) is 7.83. The van der Waals surface area contributed by atoms with Crippen molar-refractivity contribution in [2.24, 2.45) is 0 Å². The summed E-state index contributed by atoms with van der Waals surface area (Å²) in [5, 5.41) is 6.42. The van der Waals surface area contributed by atoms with E-state index in [-0.39, 0.29) is 0 Å². The fourth-order valence-corrected chi connectivity index (χ4v) is 1.79. The van der Waals surface area contributed by atoms with E-state index in [1.54, 1.807) is 6.20 Å². The first-order valence-corrected chi connectivity index (χ1v) is 6.81. The lowest BCUT2D eigenvalue weighted by Gasteiger charge is -2.13. The number of anilines is 3. The highest BCUT2D eigenvalue weighted by Gasteiger charge is 2.07. The van der Waals surface area contributed by atoms with E-state index in [2.05, 4.69) is 20.6 Å².